The number of carbonyl (C=O) groups excluding carboxylic acids is 1. The van der Waals surface area contributed by atoms with Crippen LogP contribution in [0.25, 0.3) is 0 Å². The molecule has 0 aliphatic heterocycles. The first kappa shape index (κ1) is 14.5. The Balaban J connectivity index is 3.49. The lowest BCUT2D eigenvalue weighted by Crippen LogP contribution is -2.07. The summed E-state index contributed by atoms with van der Waals surface area (Å²) in [6, 6.07) is 0. The van der Waals surface area contributed by atoms with E-state index in [1.54, 1.807) is 0 Å². The number of rotatable bonds is 6. The second-order valence-electron chi connectivity index (χ2n) is 5.67. The van der Waals surface area contributed by atoms with Crippen molar-refractivity contribution < 1.29 is 9.53 Å². The SMILES string of the molecule is COC(=O)CCC(C)CCCC(C)(C)C. The molecule has 15 heavy (non-hydrogen) atoms. The predicted octanol–water partition coefficient (Wildman–Crippen LogP) is 3.79. The first-order chi connectivity index (χ1) is 6.85. The van der Waals surface area contributed by atoms with Crippen LogP contribution in [0, 0.1) is 11.3 Å². The summed E-state index contributed by atoms with van der Waals surface area (Å²) in [5.41, 5.74) is 0.433. The van der Waals surface area contributed by atoms with Crippen LogP contribution in [0.3, 0.4) is 0 Å². The molecule has 0 saturated heterocycles. The van der Waals surface area contributed by atoms with E-state index in [2.05, 4.69) is 32.4 Å². The molecule has 0 fully saturated rings. The third-order valence-corrected chi connectivity index (χ3v) is 2.69. The molecule has 0 heterocycles. The number of hydrogen-bond donors (Lipinski definition) is 0. The van der Waals surface area contributed by atoms with E-state index < -0.39 is 0 Å². The number of carbonyl (C=O) groups is 1. The highest BCUT2D eigenvalue weighted by Gasteiger charge is 2.11. The van der Waals surface area contributed by atoms with Gasteiger partial charge in [-0.15, -0.1) is 0 Å². The molecule has 2 heteroatoms. The van der Waals surface area contributed by atoms with Gasteiger partial charge < -0.3 is 4.74 Å². The minimum atomic E-state index is -0.0855. The van der Waals surface area contributed by atoms with Gasteiger partial charge in [0, 0.05) is 6.42 Å². The zero-order valence-electron chi connectivity index (χ0n) is 10.9. The van der Waals surface area contributed by atoms with Crippen molar-refractivity contribution in [2.75, 3.05) is 7.11 Å². The third-order valence-electron chi connectivity index (χ3n) is 2.69. The molecule has 0 radical (unpaired) electrons. The maximum absolute atomic E-state index is 10.9. The second-order valence-corrected chi connectivity index (χ2v) is 5.67. The first-order valence-corrected chi connectivity index (χ1v) is 5.92. The summed E-state index contributed by atoms with van der Waals surface area (Å²) in [6.45, 7) is 9.02. The zero-order chi connectivity index (χ0) is 11.9. The van der Waals surface area contributed by atoms with Crippen LogP contribution in [0.5, 0.6) is 0 Å². The number of methoxy groups -OCH3 is 1. The summed E-state index contributed by atoms with van der Waals surface area (Å²) >= 11 is 0. The molecule has 0 bridgehead atoms. The molecule has 0 N–H and O–H groups in total. The number of ether oxygens (including phenoxy) is 1. The van der Waals surface area contributed by atoms with Crippen LogP contribution in [0.1, 0.15) is 59.8 Å². The van der Waals surface area contributed by atoms with Crippen LogP contribution in [0.2, 0.25) is 0 Å². The van der Waals surface area contributed by atoms with E-state index in [1.165, 1.54) is 26.4 Å². The molecular formula is C13H26O2. The van der Waals surface area contributed by atoms with E-state index in [0.717, 1.165) is 6.42 Å². The summed E-state index contributed by atoms with van der Waals surface area (Å²) in [7, 11) is 1.45. The normalized spacial score (nSPS) is 13.7. The average molecular weight is 214 g/mol. The molecule has 0 amide bonds. The van der Waals surface area contributed by atoms with Crippen molar-refractivity contribution in [2.45, 2.75) is 59.8 Å². The smallest absolute Gasteiger partial charge is 0.305 e. The molecule has 0 aromatic rings. The standard InChI is InChI=1S/C13H26O2/c1-11(8-9-12(14)15-5)7-6-10-13(2,3)4/h11H,6-10H2,1-5H3. The Morgan fingerprint density at radius 2 is 1.87 bits per heavy atom. The molecule has 2 nitrogen and oxygen atoms in total. The van der Waals surface area contributed by atoms with Gasteiger partial charge in [0.1, 0.15) is 0 Å². The van der Waals surface area contributed by atoms with Gasteiger partial charge in [0.25, 0.3) is 0 Å². The zero-order valence-corrected chi connectivity index (χ0v) is 10.9. The van der Waals surface area contributed by atoms with Gasteiger partial charge in [-0.2, -0.15) is 0 Å². The van der Waals surface area contributed by atoms with E-state index in [0.29, 0.717) is 17.8 Å². The van der Waals surface area contributed by atoms with Crippen LogP contribution in [-0.4, -0.2) is 13.1 Å². The van der Waals surface area contributed by atoms with Crippen molar-refractivity contribution in [3.05, 3.63) is 0 Å². The molecule has 1 unspecified atom stereocenters. The largest absolute Gasteiger partial charge is 0.469 e. The van der Waals surface area contributed by atoms with E-state index in [-0.39, 0.29) is 5.97 Å². The van der Waals surface area contributed by atoms with Gasteiger partial charge in [-0.1, -0.05) is 40.5 Å². The predicted molar refractivity (Wildman–Crippen MR) is 63.7 cm³/mol. The van der Waals surface area contributed by atoms with Crippen molar-refractivity contribution in [1.82, 2.24) is 0 Å². The highest BCUT2D eigenvalue weighted by Crippen LogP contribution is 2.24. The van der Waals surface area contributed by atoms with Crippen molar-refractivity contribution >= 4 is 5.97 Å². The number of esters is 1. The Kier molecular flexibility index (Phi) is 6.62. The topological polar surface area (TPSA) is 26.3 Å². The van der Waals surface area contributed by atoms with E-state index in [1.807, 2.05) is 0 Å². The van der Waals surface area contributed by atoms with Crippen molar-refractivity contribution in [3.63, 3.8) is 0 Å². The van der Waals surface area contributed by atoms with Crippen LogP contribution >= 0.6 is 0 Å². The van der Waals surface area contributed by atoms with Gasteiger partial charge in [-0.25, -0.2) is 0 Å². The van der Waals surface area contributed by atoms with E-state index >= 15 is 0 Å². The van der Waals surface area contributed by atoms with E-state index in [4.69, 9.17) is 0 Å². The fourth-order valence-corrected chi connectivity index (χ4v) is 1.59. The monoisotopic (exact) mass is 214 g/mol. The fourth-order valence-electron chi connectivity index (χ4n) is 1.59. The minimum Gasteiger partial charge on any atom is -0.469 e. The molecule has 90 valence electrons. The van der Waals surface area contributed by atoms with Gasteiger partial charge in [-0.05, 0) is 24.2 Å². The highest BCUT2D eigenvalue weighted by molar-refractivity contribution is 5.69. The Hall–Kier alpha value is -0.530. The van der Waals surface area contributed by atoms with Gasteiger partial charge in [0.05, 0.1) is 7.11 Å². The van der Waals surface area contributed by atoms with Gasteiger partial charge in [0.2, 0.25) is 0 Å². The van der Waals surface area contributed by atoms with Crippen molar-refractivity contribution in [2.24, 2.45) is 11.3 Å². The summed E-state index contributed by atoms with van der Waals surface area (Å²) in [5, 5.41) is 0. The van der Waals surface area contributed by atoms with Crippen LogP contribution in [-0.2, 0) is 9.53 Å². The molecule has 0 saturated carbocycles. The Labute approximate surface area is 94.4 Å². The van der Waals surface area contributed by atoms with Crippen LogP contribution < -0.4 is 0 Å². The maximum atomic E-state index is 10.9. The molecule has 0 spiro atoms. The molecule has 0 aliphatic rings. The highest BCUT2D eigenvalue weighted by atomic mass is 16.5. The molecule has 0 aromatic heterocycles. The Morgan fingerprint density at radius 1 is 1.27 bits per heavy atom. The van der Waals surface area contributed by atoms with Gasteiger partial charge in [-0.3, -0.25) is 4.79 Å². The molecular weight excluding hydrogens is 188 g/mol. The lowest BCUT2D eigenvalue weighted by atomic mass is 9.87. The lowest BCUT2D eigenvalue weighted by molar-refractivity contribution is -0.140. The van der Waals surface area contributed by atoms with E-state index in [9.17, 15) is 4.79 Å². The fraction of sp³-hybridized carbons (Fsp3) is 0.923. The summed E-state index contributed by atoms with van der Waals surface area (Å²) in [4.78, 5) is 10.9. The molecule has 0 aromatic carbocycles. The Bertz CT molecular complexity index is 179. The quantitative estimate of drug-likeness (QED) is 0.629. The third kappa shape index (κ3) is 9.77. The number of hydrogen-bond acceptors (Lipinski definition) is 2. The van der Waals surface area contributed by atoms with Crippen LogP contribution in [0.4, 0.5) is 0 Å². The Morgan fingerprint density at radius 3 is 2.33 bits per heavy atom. The second kappa shape index (κ2) is 6.86. The van der Waals surface area contributed by atoms with Crippen molar-refractivity contribution in [1.29, 1.82) is 0 Å². The molecule has 0 rings (SSSR count). The van der Waals surface area contributed by atoms with Gasteiger partial charge >= 0.3 is 5.97 Å². The maximum Gasteiger partial charge on any atom is 0.305 e. The first-order valence-electron chi connectivity index (χ1n) is 5.92. The average Bonchev–Trinajstić information content (AvgIpc) is 2.12. The lowest BCUT2D eigenvalue weighted by Gasteiger charge is -2.19. The minimum absolute atomic E-state index is 0.0855. The summed E-state index contributed by atoms with van der Waals surface area (Å²) < 4.78 is 4.62. The summed E-state index contributed by atoms with van der Waals surface area (Å²) in [6.07, 6.45) is 5.25. The molecule has 0 aliphatic carbocycles. The molecule has 1 atom stereocenters. The van der Waals surface area contributed by atoms with Crippen LogP contribution in [0.15, 0.2) is 0 Å². The van der Waals surface area contributed by atoms with Gasteiger partial charge in [0.15, 0.2) is 0 Å². The summed E-state index contributed by atoms with van der Waals surface area (Å²) in [5.74, 6) is 0.545. The van der Waals surface area contributed by atoms with Crippen molar-refractivity contribution in [3.8, 4) is 0 Å².